The normalized spacial score (nSPS) is 15.5. The smallest absolute Gasteiger partial charge is 0.191 e. The first-order valence-corrected chi connectivity index (χ1v) is 10.8. The molecular formula is C24H34F2IN5. The molecule has 5 nitrogen and oxygen atoms in total. The van der Waals surface area contributed by atoms with Crippen LogP contribution in [0.2, 0.25) is 0 Å². The fourth-order valence-electron chi connectivity index (χ4n) is 3.86. The van der Waals surface area contributed by atoms with Crippen molar-refractivity contribution >= 4 is 29.9 Å². The summed E-state index contributed by atoms with van der Waals surface area (Å²) in [6, 6.07) is 12.3. The van der Waals surface area contributed by atoms with E-state index in [1.165, 1.54) is 18.2 Å². The second kappa shape index (κ2) is 13.1. The topological polar surface area (TPSA) is 42.9 Å². The van der Waals surface area contributed by atoms with E-state index in [0.29, 0.717) is 24.7 Å². The SMILES string of the molecule is CN=C(NCc1ccc(F)c(CN(C)C)c1)NC1CCN(Cc2ccc(F)cc2)CC1.I. The average molecular weight is 557 g/mol. The Morgan fingerprint density at radius 3 is 2.34 bits per heavy atom. The van der Waals surface area contributed by atoms with Crippen LogP contribution in [0.1, 0.15) is 29.5 Å². The number of nitrogens with one attached hydrogen (secondary N) is 2. The van der Waals surface area contributed by atoms with Crippen LogP contribution < -0.4 is 10.6 Å². The number of hydrogen-bond acceptors (Lipinski definition) is 3. The Morgan fingerprint density at radius 2 is 1.72 bits per heavy atom. The van der Waals surface area contributed by atoms with E-state index in [0.717, 1.165) is 49.6 Å². The Balaban J connectivity index is 0.00000363. The molecule has 0 spiro atoms. The first kappa shape index (κ1) is 26.5. The Morgan fingerprint density at radius 1 is 1.06 bits per heavy atom. The van der Waals surface area contributed by atoms with E-state index >= 15 is 0 Å². The molecule has 0 radical (unpaired) electrons. The zero-order valence-electron chi connectivity index (χ0n) is 19.1. The summed E-state index contributed by atoms with van der Waals surface area (Å²) >= 11 is 0. The Hall–Kier alpha value is -1.78. The molecule has 0 unspecified atom stereocenters. The summed E-state index contributed by atoms with van der Waals surface area (Å²) < 4.78 is 27.1. The van der Waals surface area contributed by atoms with Gasteiger partial charge < -0.3 is 15.5 Å². The number of benzene rings is 2. The van der Waals surface area contributed by atoms with Gasteiger partial charge in [0.15, 0.2) is 5.96 Å². The fraction of sp³-hybridized carbons (Fsp3) is 0.458. The van der Waals surface area contributed by atoms with E-state index in [9.17, 15) is 8.78 Å². The highest BCUT2D eigenvalue weighted by molar-refractivity contribution is 14.0. The molecular weight excluding hydrogens is 523 g/mol. The highest BCUT2D eigenvalue weighted by Crippen LogP contribution is 2.15. The second-order valence-corrected chi connectivity index (χ2v) is 8.41. The monoisotopic (exact) mass is 557 g/mol. The van der Waals surface area contributed by atoms with Crippen molar-refractivity contribution in [3.05, 3.63) is 70.8 Å². The van der Waals surface area contributed by atoms with Crippen LogP contribution in [0.25, 0.3) is 0 Å². The molecule has 0 aromatic heterocycles. The highest BCUT2D eigenvalue weighted by Gasteiger charge is 2.20. The molecule has 32 heavy (non-hydrogen) atoms. The van der Waals surface area contributed by atoms with Gasteiger partial charge in [0.05, 0.1) is 0 Å². The van der Waals surface area contributed by atoms with Gasteiger partial charge in [-0.25, -0.2) is 8.78 Å². The number of nitrogens with zero attached hydrogens (tertiary/aromatic N) is 3. The van der Waals surface area contributed by atoms with E-state index < -0.39 is 0 Å². The number of guanidine groups is 1. The zero-order chi connectivity index (χ0) is 22.2. The first-order valence-electron chi connectivity index (χ1n) is 10.8. The molecule has 0 bridgehead atoms. The van der Waals surface area contributed by atoms with Crippen LogP contribution in [0.4, 0.5) is 8.78 Å². The zero-order valence-corrected chi connectivity index (χ0v) is 21.4. The van der Waals surface area contributed by atoms with Crippen LogP contribution in [-0.4, -0.2) is 56.0 Å². The van der Waals surface area contributed by atoms with Gasteiger partial charge in [0, 0.05) is 51.4 Å². The maximum atomic E-state index is 14.0. The van der Waals surface area contributed by atoms with Crippen LogP contribution in [0, 0.1) is 11.6 Å². The van der Waals surface area contributed by atoms with E-state index in [2.05, 4.69) is 20.5 Å². The summed E-state index contributed by atoms with van der Waals surface area (Å²) in [6.07, 6.45) is 2.04. The third kappa shape index (κ3) is 8.29. The maximum Gasteiger partial charge on any atom is 0.191 e. The van der Waals surface area contributed by atoms with E-state index in [-0.39, 0.29) is 35.6 Å². The van der Waals surface area contributed by atoms with Crippen molar-refractivity contribution in [2.75, 3.05) is 34.2 Å². The molecule has 8 heteroatoms. The number of hydrogen-bond donors (Lipinski definition) is 2. The highest BCUT2D eigenvalue weighted by atomic mass is 127. The summed E-state index contributed by atoms with van der Waals surface area (Å²) in [4.78, 5) is 8.70. The second-order valence-electron chi connectivity index (χ2n) is 8.41. The first-order chi connectivity index (χ1) is 14.9. The predicted octanol–water partition coefficient (Wildman–Crippen LogP) is 3.97. The van der Waals surface area contributed by atoms with Gasteiger partial charge in [0.25, 0.3) is 0 Å². The molecule has 176 valence electrons. The number of piperidine rings is 1. The van der Waals surface area contributed by atoms with Gasteiger partial charge in [0.2, 0.25) is 0 Å². The summed E-state index contributed by atoms with van der Waals surface area (Å²) in [7, 11) is 5.63. The van der Waals surface area contributed by atoms with Crippen LogP contribution >= 0.6 is 24.0 Å². The van der Waals surface area contributed by atoms with E-state index in [1.807, 2.05) is 43.3 Å². The molecule has 2 aromatic carbocycles. The van der Waals surface area contributed by atoms with Gasteiger partial charge in [-0.05, 0) is 62.3 Å². The number of aliphatic imine (C=N–C) groups is 1. The maximum absolute atomic E-state index is 14.0. The van der Waals surface area contributed by atoms with Crippen LogP contribution in [0.3, 0.4) is 0 Å². The molecule has 0 atom stereocenters. The van der Waals surface area contributed by atoms with Crippen molar-refractivity contribution in [3.63, 3.8) is 0 Å². The summed E-state index contributed by atoms with van der Waals surface area (Å²) in [5, 5.41) is 6.85. The molecule has 0 saturated carbocycles. The van der Waals surface area contributed by atoms with Gasteiger partial charge in [-0.1, -0.05) is 18.2 Å². The van der Waals surface area contributed by atoms with Crippen molar-refractivity contribution < 1.29 is 8.78 Å². The average Bonchev–Trinajstić information content (AvgIpc) is 2.75. The van der Waals surface area contributed by atoms with Crippen molar-refractivity contribution in [1.29, 1.82) is 0 Å². The molecule has 1 fully saturated rings. The molecule has 2 N–H and O–H groups in total. The molecule has 0 aliphatic carbocycles. The quantitative estimate of drug-likeness (QED) is 0.307. The van der Waals surface area contributed by atoms with Crippen LogP contribution in [0.15, 0.2) is 47.5 Å². The van der Waals surface area contributed by atoms with Gasteiger partial charge >= 0.3 is 0 Å². The number of halogens is 3. The summed E-state index contributed by atoms with van der Waals surface area (Å²) in [5.41, 5.74) is 2.86. The minimum Gasteiger partial charge on any atom is -0.354 e. The lowest BCUT2D eigenvalue weighted by molar-refractivity contribution is 0.198. The largest absolute Gasteiger partial charge is 0.354 e. The standard InChI is InChI=1S/C24H33F2N5.HI/c1-27-24(28-15-19-6-9-23(26)20(14-19)17-30(2)3)29-22-10-12-31(13-11-22)16-18-4-7-21(25)8-5-18;/h4-9,14,22H,10-13,15-17H2,1-3H3,(H2,27,28,29);1H. The minimum absolute atomic E-state index is 0. The van der Waals surface area contributed by atoms with Crippen molar-refractivity contribution in [2.24, 2.45) is 4.99 Å². The van der Waals surface area contributed by atoms with Crippen molar-refractivity contribution in [3.8, 4) is 0 Å². The lowest BCUT2D eigenvalue weighted by Gasteiger charge is -2.33. The van der Waals surface area contributed by atoms with Gasteiger partial charge in [-0.15, -0.1) is 24.0 Å². The Bertz CT molecular complexity index is 865. The lowest BCUT2D eigenvalue weighted by atomic mass is 10.0. The third-order valence-corrected chi connectivity index (χ3v) is 5.53. The van der Waals surface area contributed by atoms with Crippen LogP contribution in [0.5, 0.6) is 0 Å². The number of likely N-dealkylation sites (tertiary alicyclic amines) is 1. The molecule has 1 aliphatic heterocycles. The van der Waals surface area contributed by atoms with E-state index in [1.54, 1.807) is 7.05 Å². The van der Waals surface area contributed by atoms with Gasteiger partial charge in [0.1, 0.15) is 11.6 Å². The Kier molecular flexibility index (Phi) is 10.8. The summed E-state index contributed by atoms with van der Waals surface area (Å²) in [6.45, 7) is 3.97. The van der Waals surface area contributed by atoms with Crippen LogP contribution in [-0.2, 0) is 19.6 Å². The summed E-state index contributed by atoms with van der Waals surface area (Å²) in [5.74, 6) is 0.392. The molecule has 3 rings (SSSR count). The number of rotatable bonds is 7. The van der Waals surface area contributed by atoms with Crippen molar-refractivity contribution in [1.82, 2.24) is 20.4 Å². The molecule has 1 heterocycles. The fourth-order valence-corrected chi connectivity index (χ4v) is 3.86. The van der Waals surface area contributed by atoms with Gasteiger partial charge in [-0.3, -0.25) is 9.89 Å². The molecule has 0 amide bonds. The molecule has 1 saturated heterocycles. The third-order valence-electron chi connectivity index (χ3n) is 5.53. The minimum atomic E-state index is -0.194. The Labute approximate surface area is 207 Å². The van der Waals surface area contributed by atoms with E-state index in [4.69, 9.17) is 0 Å². The predicted molar refractivity (Wildman–Crippen MR) is 137 cm³/mol. The van der Waals surface area contributed by atoms with Crippen molar-refractivity contribution in [2.45, 2.75) is 38.5 Å². The molecule has 2 aromatic rings. The lowest BCUT2D eigenvalue weighted by Crippen LogP contribution is -2.48. The van der Waals surface area contributed by atoms with Gasteiger partial charge in [-0.2, -0.15) is 0 Å². The molecule has 1 aliphatic rings.